The van der Waals surface area contributed by atoms with Crippen LogP contribution in [0, 0.1) is 0 Å². The molecule has 0 spiro atoms. The molecule has 0 amide bonds. The van der Waals surface area contributed by atoms with Crippen LogP contribution in [0.1, 0.15) is 113 Å². The second kappa shape index (κ2) is 21.0. The lowest BCUT2D eigenvalue weighted by Gasteiger charge is -2.21. The largest absolute Gasteiger partial charge is 0.311 e. The quantitative estimate of drug-likeness (QED) is 0.359. The molecule has 0 rings (SSSR count). The van der Waals surface area contributed by atoms with Crippen LogP contribution in [0.2, 0.25) is 0 Å². The Balaban J connectivity index is 0. The highest BCUT2D eigenvalue weighted by molar-refractivity contribution is 4.69. The molecule has 0 aliphatic heterocycles. The van der Waals surface area contributed by atoms with E-state index in [-0.39, 0.29) is 0 Å². The van der Waals surface area contributed by atoms with Crippen LogP contribution in [-0.2, 0) is 0 Å². The lowest BCUT2D eigenvalue weighted by Crippen LogP contribution is -2.36. The van der Waals surface area contributed by atoms with Gasteiger partial charge in [0.15, 0.2) is 0 Å². The van der Waals surface area contributed by atoms with Gasteiger partial charge < -0.3 is 10.2 Å². The maximum absolute atomic E-state index is 3.65. The van der Waals surface area contributed by atoms with E-state index < -0.39 is 0 Å². The average molecular weight is 343 g/mol. The van der Waals surface area contributed by atoms with Gasteiger partial charge in [0.05, 0.1) is 0 Å². The minimum atomic E-state index is 0.736. The standard InChI is InChI=1S/C12H27N.C10H23N/c1-4-7-10-13(11-8-5-2)12-9-6-3;1-5-9(6-2)11-10(7-3)8-4/h4-12H2,1-3H3;9-11H,5-8H2,1-4H3. The zero-order chi connectivity index (χ0) is 18.6. The van der Waals surface area contributed by atoms with E-state index in [9.17, 15) is 0 Å². The molecular formula is C22H50N2. The van der Waals surface area contributed by atoms with Gasteiger partial charge in [-0.1, -0.05) is 67.7 Å². The van der Waals surface area contributed by atoms with Gasteiger partial charge in [-0.2, -0.15) is 0 Å². The summed E-state index contributed by atoms with van der Waals surface area (Å²) in [5.74, 6) is 0. The van der Waals surface area contributed by atoms with Gasteiger partial charge in [0, 0.05) is 12.1 Å². The number of rotatable bonds is 15. The Hall–Kier alpha value is -0.0800. The maximum atomic E-state index is 3.65. The third-order valence-electron chi connectivity index (χ3n) is 4.93. The molecule has 0 aliphatic rings. The Morgan fingerprint density at radius 1 is 0.542 bits per heavy atom. The van der Waals surface area contributed by atoms with Gasteiger partial charge in [0.1, 0.15) is 0 Å². The summed E-state index contributed by atoms with van der Waals surface area (Å²) in [7, 11) is 0. The van der Waals surface area contributed by atoms with E-state index in [1.54, 1.807) is 0 Å². The molecule has 24 heavy (non-hydrogen) atoms. The van der Waals surface area contributed by atoms with Gasteiger partial charge in [0.25, 0.3) is 0 Å². The molecule has 0 heterocycles. The summed E-state index contributed by atoms with van der Waals surface area (Å²) < 4.78 is 0. The number of nitrogens with one attached hydrogen (secondary N) is 1. The van der Waals surface area contributed by atoms with Gasteiger partial charge in [0.2, 0.25) is 0 Å². The first-order valence-electron chi connectivity index (χ1n) is 11.1. The van der Waals surface area contributed by atoms with Gasteiger partial charge in [-0.25, -0.2) is 0 Å². The molecule has 0 bridgehead atoms. The van der Waals surface area contributed by atoms with Crippen molar-refractivity contribution in [1.82, 2.24) is 10.2 Å². The van der Waals surface area contributed by atoms with Crippen molar-refractivity contribution in [1.29, 1.82) is 0 Å². The first-order chi connectivity index (χ1) is 11.6. The number of hydrogen-bond acceptors (Lipinski definition) is 2. The third kappa shape index (κ3) is 16.8. The van der Waals surface area contributed by atoms with Crippen LogP contribution in [0.25, 0.3) is 0 Å². The predicted molar refractivity (Wildman–Crippen MR) is 113 cm³/mol. The van der Waals surface area contributed by atoms with Crippen LogP contribution in [-0.4, -0.2) is 36.6 Å². The Bertz CT molecular complexity index is 181. The molecule has 0 aliphatic carbocycles. The smallest absolute Gasteiger partial charge is 0.00643 e. The molecule has 0 aromatic heterocycles. The average Bonchev–Trinajstić information content (AvgIpc) is 2.63. The van der Waals surface area contributed by atoms with E-state index in [0.29, 0.717) is 0 Å². The summed E-state index contributed by atoms with van der Waals surface area (Å²) in [6, 6.07) is 1.47. The molecule has 148 valence electrons. The highest BCUT2D eigenvalue weighted by atomic mass is 15.1. The van der Waals surface area contributed by atoms with Crippen molar-refractivity contribution < 1.29 is 0 Å². The first kappa shape index (κ1) is 26.2. The van der Waals surface area contributed by atoms with Crippen molar-refractivity contribution in [2.24, 2.45) is 0 Å². The second-order valence-corrected chi connectivity index (χ2v) is 7.10. The van der Waals surface area contributed by atoms with E-state index in [1.807, 2.05) is 0 Å². The van der Waals surface area contributed by atoms with E-state index in [4.69, 9.17) is 0 Å². The highest BCUT2D eigenvalue weighted by Crippen LogP contribution is 2.03. The molecule has 0 atom stereocenters. The summed E-state index contributed by atoms with van der Waals surface area (Å²) in [4.78, 5) is 2.64. The van der Waals surface area contributed by atoms with Crippen molar-refractivity contribution >= 4 is 0 Å². The molecule has 1 N–H and O–H groups in total. The summed E-state index contributed by atoms with van der Waals surface area (Å²) in [5.41, 5.74) is 0. The van der Waals surface area contributed by atoms with E-state index in [1.165, 1.54) is 83.8 Å². The van der Waals surface area contributed by atoms with Crippen LogP contribution in [0.4, 0.5) is 0 Å². The number of nitrogens with zero attached hydrogens (tertiary/aromatic N) is 1. The van der Waals surface area contributed by atoms with E-state index in [0.717, 1.165) is 12.1 Å². The molecule has 0 saturated carbocycles. The normalized spacial score (nSPS) is 11.2. The summed E-state index contributed by atoms with van der Waals surface area (Å²) in [5, 5.41) is 3.65. The SMILES string of the molecule is CCC(CC)NC(CC)CC.CCCCN(CCCC)CCCC. The monoisotopic (exact) mass is 342 g/mol. The fraction of sp³-hybridized carbons (Fsp3) is 1.00. The van der Waals surface area contributed by atoms with Gasteiger partial charge in [-0.05, 0) is 64.6 Å². The molecule has 0 unspecified atom stereocenters. The van der Waals surface area contributed by atoms with Crippen LogP contribution >= 0.6 is 0 Å². The molecule has 0 saturated heterocycles. The first-order valence-corrected chi connectivity index (χ1v) is 11.1. The summed E-state index contributed by atoms with van der Waals surface area (Å²) >= 11 is 0. The van der Waals surface area contributed by atoms with E-state index >= 15 is 0 Å². The molecule has 2 heteroatoms. The van der Waals surface area contributed by atoms with Crippen molar-refractivity contribution in [3.8, 4) is 0 Å². The van der Waals surface area contributed by atoms with Crippen molar-refractivity contribution in [3.05, 3.63) is 0 Å². The predicted octanol–water partition coefficient (Wildman–Crippen LogP) is 6.64. The van der Waals surface area contributed by atoms with Crippen LogP contribution in [0.15, 0.2) is 0 Å². The zero-order valence-electron chi connectivity index (χ0n) is 18.3. The fourth-order valence-electron chi connectivity index (χ4n) is 2.86. The molecule has 0 fully saturated rings. The maximum Gasteiger partial charge on any atom is 0.00643 e. The van der Waals surface area contributed by atoms with Gasteiger partial charge in [-0.3, -0.25) is 0 Å². The van der Waals surface area contributed by atoms with Crippen molar-refractivity contribution in [2.45, 2.75) is 125 Å². The lowest BCUT2D eigenvalue weighted by atomic mass is 10.1. The second-order valence-electron chi connectivity index (χ2n) is 7.10. The fourth-order valence-corrected chi connectivity index (χ4v) is 2.86. The molecule has 0 aromatic rings. The Kier molecular flexibility index (Phi) is 22.8. The summed E-state index contributed by atoms with van der Waals surface area (Å²) in [6.07, 6.45) is 13.1. The third-order valence-corrected chi connectivity index (χ3v) is 4.93. The van der Waals surface area contributed by atoms with E-state index in [2.05, 4.69) is 58.7 Å². The van der Waals surface area contributed by atoms with Crippen molar-refractivity contribution in [3.63, 3.8) is 0 Å². The van der Waals surface area contributed by atoms with Crippen molar-refractivity contribution in [2.75, 3.05) is 19.6 Å². The Morgan fingerprint density at radius 3 is 1.04 bits per heavy atom. The minimum Gasteiger partial charge on any atom is -0.311 e. The Morgan fingerprint density at radius 2 is 0.833 bits per heavy atom. The Labute approximate surface area is 155 Å². The molecule has 0 radical (unpaired) electrons. The van der Waals surface area contributed by atoms with Crippen LogP contribution in [0.5, 0.6) is 0 Å². The summed E-state index contributed by atoms with van der Waals surface area (Å²) in [6.45, 7) is 19.8. The molecule has 2 nitrogen and oxygen atoms in total. The van der Waals surface area contributed by atoms with Crippen LogP contribution < -0.4 is 5.32 Å². The molecular weight excluding hydrogens is 292 g/mol. The van der Waals surface area contributed by atoms with Gasteiger partial charge in [-0.15, -0.1) is 0 Å². The molecule has 0 aromatic carbocycles. The highest BCUT2D eigenvalue weighted by Gasteiger charge is 2.08. The minimum absolute atomic E-state index is 0.736. The van der Waals surface area contributed by atoms with Gasteiger partial charge >= 0.3 is 0 Å². The number of unbranched alkanes of at least 4 members (excludes halogenated alkanes) is 3. The van der Waals surface area contributed by atoms with Crippen LogP contribution in [0.3, 0.4) is 0 Å². The lowest BCUT2D eigenvalue weighted by molar-refractivity contribution is 0.261. The topological polar surface area (TPSA) is 15.3 Å². The zero-order valence-corrected chi connectivity index (χ0v) is 18.3. The number of hydrogen-bond donors (Lipinski definition) is 1.